The molecule has 3 nitrogen and oxygen atoms in total. The van der Waals surface area contributed by atoms with Gasteiger partial charge in [-0.25, -0.2) is 0 Å². The first-order valence-corrected chi connectivity index (χ1v) is 8.51. The molecule has 116 valence electrons. The number of rotatable bonds is 6. The van der Waals surface area contributed by atoms with Gasteiger partial charge in [-0.1, -0.05) is 59.9 Å². The van der Waals surface area contributed by atoms with Crippen LogP contribution in [-0.2, 0) is 4.74 Å². The molecule has 0 saturated carbocycles. The lowest BCUT2D eigenvalue weighted by molar-refractivity contribution is 0.240. The van der Waals surface area contributed by atoms with Gasteiger partial charge in [0.15, 0.2) is 0 Å². The van der Waals surface area contributed by atoms with Crippen LogP contribution in [0.4, 0.5) is 0 Å². The maximum Gasteiger partial charge on any atom is 0.0978 e. The van der Waals surface area contributed by atoms with Gasteiger partial charge in [-0.2, -0.15) is 0 Å². The molecule has 2 aromatic carbocycles. The molecule has 2 rings (SSSR count). The maximum absolute atomic E-state index is 5.57. The molecule has 0 bridgehead atoms. The Morgan fingerprint density at radius 3 is 1.33 bits per heavy atom. The van der Waals surface area contributed by atoms with Gasteiger partial charge in [-0.05, 0) is 38.4 Å². The minimum atomic E-state index is 0.698. The molecule has 0 radical (unpaired) electrons. The summed E-state index contributed by atoms with van der Waals surface area (Å²) < 4.78 is 5.57. The number of hydrogen-bond donors (Lipinski definition) is 2. The lowest BCUT2D eigenvalue weighted by Crippen LogP contribution is -1.89. The Labute approximate surface area is 136 Å². The highest BCUT2D eigenvalue weighted by Crippen LogP contribution is 2.20. The molecule has 0 aliphatic rings. The van der Waals surface area contributed by atoms with Crippen LogP contribution < -0.4 is 11.5 Å². The summed E-state index contributed by atoms with van der Waals surface area (Å²) in [7, 11) is 3.00. The van der Waals surface area contributed by atoms with Crippen LogP contribution >= 0.6 is 23.5 Å². The molecule has 5 heteroatoms. The Kier molecular flexibility index (Phi) is 14.7. The average molecular weight is 325 g/mol. The van der Waals surface area contributed by atoms with Gasteiger partial charge in [-0.3, -0.25) is 0 Å². The van der Waals surface area contributed by atoms with E-state index in [9.17, 15) is 0 Å². The van der Waals surface area contributed by atoms with E-state index in [1.807, 2.05) is 36.4 Å². The van der Waals surface area contributed by atoms with E-state index in [1.54, 1.807) is 23.5 Å². The first-order chi connectivity index (χ1) is 10.4. The van der Waals surface area contributed by atoms with E-state index in [0.717, 1.165) is 0 Å². The van der Waals surface area contributed by atoms with E-state index in [4.69, 9.17) is 4.74 Å². The quantitative estimate of drug-likeness (QED) is 0.482. The van der Waals surface area contributed by atoms with Gasteiger partial charge in [0.25, 0.3) is 0 Å². The standard InChI is InChI=1S/C14H14OS2.2CH5N/c1-3-7-13(8-4-1)16-11-15-12-17-14-9-5-2-6-10-14;2*1-2/h1-10H,11-12H2;2*2H2,1H3. The fraction of sp³-hybridized carbons (Fsp3) is 0.250. The molecule has 0 fully saturated rings. The number of thioether (sulfide) groups is 2. The lowest BCUT2D eigenvalue weighted by atomic mass is 10.4. The molecule has 0 amide bonds. The van der Waals surface area contributed by atoms with Crippen molar-refractivity contribution in [1.82, 2.24) is 0 Å². The van der Waals surface area contributed by atoms with Gasteiger partial charge in [0.2, 0.25) is 0 Å². The summed E-state index contributed by atoms with van der Waals surface area (Å²) in [6.07, 6.45) is 0. The fourth-order valence-corrected chi connectivity index (χ4v) is 2.70. The van der Waals surface area contributed by atoms with Crippen LogP contribution in [0.2, 0.25) is 0 Å². The van der Waals surface area contributed by atoms with Crippen molar-refractivity contribution < 1.29 is 4.74 Å². The van der Waals surface area contributed by atoms with E-state index < -0.39 is 0 Å². The molecule has 0 aliphatic carbocycles. The summed E-state index contributed by atoms with van der Waals surface area (Å²) in [6.45, 7) is 0. The molecule has 0 aromatic heterocycles. The van der Waals surface area contributed by atoms with Gasteiger partial charge in [0.05, 0.1) is 11.9 Å². The monoisotopic (exact) mass is 324 g/mol. The number of nitrogens with two attached hydrogens (primary N) is 2. The van der Waals surface area contributed by atoms with E-state index >= 15 is 0 Å². The van der Waals surface area contributed by atoms with Crippen molar-refractivity contribution in [3.05, 3.63) is 60.7 Å². The zero-order valence-corrected chi connectivity index (χ0v) is 14.2. The summed E-state index contributed by atoms with van der Waals surface area (Å²) in [5.41, 5.74) is 9.00. The van der Waals surface area contributed by atoms with Gasteiger partial charge < -0.3 is 16.2 Å². The molecule has 0 spiro atoms. The maximum atomic E-state index is 5.57. The second-order valence-corrected chi connectivity index (χ2v) is 5.35. The Balaban J connectivity index is 0.000000921. The molecule has 4 N–H and O–H groups in total. The van der Waals surface area contributed by atoms with Gasteiger partial charge in [0.1, 0.15) is 0 Å². The van der Waals surface area contributed by atoms with Gasteiger partial charge in [-0.15, -0.1) is 0 Å². The lowest BCUT2D eigenvalue weighted by Gasteiger charge is -2.04. The van der Waals surface area contributed by atoms with Crippen molar-refractivity contribution in [2.24, 2.45) is 11.5 Å². The molecule has 0 heterocycles. The van der Waals surface area contributed by atoms with Gasteiger partial charge in [0, 0.05) is 9.79 Å². The summed E-state index contributed by atoms with van der Waals surface area (Å²) in [4.78, 5) is 2.49. The molecular weight excluding hydrogens is 300 g/mol. The largest absolute Gasteiger partial charge is 0.360 e. The fourth-order valence-electron chi connectivity index (χ4n) is 1.29. The Bertz CT molecular complexity index is 385. The predicted molar refractivity (Wildman–Crippen MR) is 95.6 cm³/mol. The summed E-state index contributed by atoms with van der Waals surface area (Å²) in [5.74, 6) is 1.40. The minimum absolute atomic E-state index is 0.698. The van der Waals surface area contributed by atoms with E-state index in [2.05, 4.69) is 35.7 Å². The number of hydrogen-bond acceptors (Lipinski definition) is 5. The van der Waals surface area contributed by atoms with E-state index in [-0.39, 0.29) is 0 Å². The van der Waals surface area contributed by atoms with Crippen molar-refractivity contribution in [1.29, 1.82) is 0 Å². The highest BCUT2D eigenvalue weighted by Gasteiger charge is 1.94. The molecule has 2 aromatic rings. The highest BCUT2D eigenvalue weighted by atomic mass is 32.2. The van der Waals surface area contributed by atoms with Crippen molar-refractivity contribution >= 4 is 23.5 Å². The van der Waals surface area contributed by atoms with Crippen LogP contribution in [-0.4, -0.2) is 26.0 Å². The minimum Gasteiger partial charge on any atom is -0.360 e. The first-order valence-electron chi connectivity index (χ1n) is 6.54. The Morgan fingerprint density at radius 2 is 1.00 bits per heavy atom. The third-order valence-electron chi connectivity index (χ3n) is 2.10. The zero-order valence-electron chi connectivity index (χ0n) is 12.6. The van der Waals surface area contributed by atoms with E-state index in [1.165, 1.54) is 23.9 Å². The van der Waals surface area contributed by atoms with Gasteiger partial charge >= 0.3 is 0 Å². The number of benzene rings is 2. The Morgan fingerprint density at radius 1 is 0.667 bits per heavy atom. The topological polar surface area (TPSA) is 61.3 Å². The second kappa shape index (κ2) is 15.4. The van der Waals surface area contributed by atoms with Crippen molar-refractivity contribution in [3.8, 4) is 0 Å². The van der Waals surface area contributed by atoms with Crippen LogP contribution in [0, 0.1) is 0 Å². The van der Waals surface area contributed by atoms with Crippen LogP contribution in [0.5, 0.6) is 0 Å². The average Bonchev–Trinajstić information content (AvgIpc) is 2.60. The molecule has 21 heavy (non-hydrogen) atoms. The first kappa shape index (κ1) is 20.0. The van der Waals surface area contributed by atoms with Crippen molar-refractivity contribution in [2.45, 2.75) is 9.79 Å². The molecule has 0 unspecified atom stereocenters. The van der Waals surface area contributed by atoms with E-state index in [0.29, 0.717) is 11.9 Å². The second-order valence-electron chi connectivity index (χ2n) is 3.35. The molecule has 0 atom stereocenters. The molecule has 0 saturated heterocycles. The third-order valence-corrected chi connectivity index (χ3v) is 3.88. The highest BCUT2D eigenvalue weighted by molar-refractivity contribution is 7.99. The number of ether oxygens (including phenoxy) is 1. The summed E-state index contributed by atoms with van der Waals surface area (Å²) >= 11 is 3.44. The van der Waals surface area contributed by atoms with Crippen molar-refractivity contribution in [3.63, 3.8) is 0 Å². The van der Waals surface area contributed by atoms with Crippen LogP contribution in [0.15, 0.2) is 70.5 Å². The zero-order chi connectivity index (χ0) is 15.8. The normalized spacial score (nSPS) is 8.95. The summed E-state index contributed by atoms with van der Waals surface area (Å²) in [5, 5.41) is 0. The SMILES string of the molecule is CN.CN.c1ccc(SCOCSc2ccccc2)cc1. The summed E-state index contributed by atoms with van der Waals surface area (Å²) in [6, 6.07) is 20.6. The van der Waals surface area contributed by atoms with Crippen molar-refractivity contribution in [2.75, 3.05) is 26.0 Å². The van der Waals surface area contributed by atoms with Crippen LogP contribution in [0.25, 0.3) is 0 Å². The predicted octanol–water partition coefficient (Wildman–Crippen LogP) is 3.65. The smallest absolute Gasteiger partial charge is 0.0978 e. The third kappa shape index (κ3) is 10.4. The van der Waals surface area contributed by atoms with Crippen LogP contribution in [0.3, 0.4) is 0 Å². The molecular formula is C16H24N2OS2. The molecule has 0 aliphatic heterocycles. The van der Waals surface area contributed by atoms with Crippen LogP contribution in [0.1, 0.15) is 0 Å². The Hall–Kier alpha value is -0.980.